The van der Waals surface area contributed by atoms with E-state index in [2.05, 4.69) is 54.6 Å². The number of fused-ring (bicyclic) bond motifs is 1. The van der Waals surface area contributed by atoms with Crippen molar-refractivity contribution in [2.45, 2.75) is 129 Å². The van der Waals surface area contributed by atoms with E-state index in [-0.39, 0.29) is 66.3 Å². The normalized spacial score (nSPS) is 21.1. The van der Waals surface area contributed by atoms with Gasteiger partial charge in [-0.3, -0.25) is 34.1 Å². The van der Waals surface area contributed by atoms with Crippen molar-refractivity contribution in [2.24, 2.45) is 17.3 Å². The fourth-order valence-electron chi connectivity index (χ4n) is 10.3. The third-order valence-corrected chi connectivity index (χ3v) is 14.3. The van der Waals surface area contributed by atoms with Crippen LogP contribution in [0.15, 0.2) is 91.0 Å². The van der Waals surface area contributed by atoms with Crippen LogP contribution in [0.25, 0.3) is 0 Å². The first-order valence-corrected chi connectivity index (χ1v) is 24.6. The number of imide groups is 1. The van der Waals surface area contributed by atoms with Gasteiger partial charge in [0.2, 0.25) is 23.6 Å². The van der Waals surface area contributed by atoms with E-state index in [4.69, 9.17) is 23.2 Å². The number of unbranched alkanes of at least 4 members (excludes halogenated alkanes) is 2. The zero-order chi connectivity index (χ0) is 48.0. The fraction of sp³-hybridized carbons (Fsp3) is 0.444. The number of carbonyl (C=O) groups excluding carboxylic acids is 6. The van der Waals surface area contributed by atoms with Crippen molar-refractivity contribution in [3.05, 3.63) is 134 Å². The van der Waals surface area contributed by atoms with Crippen molar-refractivity contribution in [1.29, 1.82) is 0 Å². The molecule has 0 radical (unpaired) electrons. The Kier molecular flexibility index (Phi) is 15.9. The predicted molar refractivity (Wildman–Crippen MR) is 263 cm³/mol. The van der Waals surface area contributed by atoms with Crippen molar-refractivity contribution in [3.63, 3.8) is 0 Å². The average molecular weight is 949 g/mol. The summed E-state index contributed by atoms with van der Waals surface area (Å²) >= 11 is 13.0. The topological polar surface area (TPSA) is 145 Å². The van der Waals surface area contributed by atoms with Gasteiger partial charge in [0.05, 0.1) is 11.5 Å². The number of rotatable bonds is 18. The van der Waals surface area contributed by atoms with Gasteiger partial charge in [-0.15, -0.1) is 0 Å². The molecule has 3 aliphatic heterocycles. The Balaban J connectivity index is 0.955. The number of anilines is 1. The second-order valence-corrected chi connectivity index (χ2v) is 20.5. The second kappa shape index (κ2) is 21.6. The molecule has 67 heavy (non-hydrogen) atoms. The molecule has 4 aromatic rings. The van der Waals surface area contributed by atoms with Gasteiger partial charge in [0.15, 0.2) is 0 Å². The zero-order valence-corrected chi connectivity index (χ0v) is 40.7. The summed E-state index contributed by atoms with van der Waals surface area (Å²) in [4.78, 5) is 83.4. The monoisotopic (exact) mass is 947 g/mol. The molecule has 0 aromatic heterocycles. The van der Waals surface area contributed by atoms with Crippen LogP contribution in [0, 0.1) is 17.3 Å². The minimum atomic E-state index is -1.04. The quantitative estimate of drug-likeness (QED) is 0.0669. The van der Waals surface area contributed by atoms with E-state index >= 15 is 4.79 Å². The minimum absolute atomic E-state index is 0.0321. The SMILES string of the molecule is CC(C)CC[C@H](C(C)C)N1C(=O)[C@@](C)(CC(=O)Nc2ccc(C(=O)NCCCCCc3cccc4c3CN(C3CCC(=O)NC3=O)C4=O)cc2)C[C@H](c2cccc(Cl)c2)[C@H]1c1ccc(Cl)cc1. The van der Waals surface area contributed by atoms with Gasteiger partial charge in [0, 0.05) is 64.8 Å². The van der Waals surface area contributed by atoms with Crippen molar-refractivity contribution >= 4 is 64.3 Å². The average Bonchev–Trinajstić information content (AvgIpc) is 3.62. The molecule has 6 amide bonds. The maximum atomic E-state index is 15.2. The highest BCUT2D eigenvalue weighted by Crippen LogP contribution is 2.53. The summed E-state index contributed by atoms with van der Waals surface area (Å²) in [6.07, 6.45) is 5.95. The van der Waals surface area contributed by atoms with Crippen LogP contribution in [0.4, 0.5) is 5.69 Å². The van der Waals surface area contributed by atoms with Crippen LogP contribution in [0.3, 0.4) is 0 Å². The highest BCUT2D eigenvalue weighted by Gasteiger charge is 2.53. The lowest BCUT2D eigenvalue weighted by molar-refractivity contribution is -0.158. The van der Waals surface area contributed by atoms with Gasteiger partial charge in [-0.05, 0) is 134 Å². The standard InChI is InChI=1S/C54H63Cl2N5O6/c1-33(2)16-25-45(34(3)4)61-49(36-17-21-39(55)22-18-36)43(38-13-9-14-40(56)29-38)30-54(5,53(61)67)31-48(63)58-41-23-19-37(20-24-41)50(64)57-28-8-6-7-11-35-12-10-15-42-44(35)32-60(52(42)66)46-26-27-47(62)59-51(46)65/h9-10,12-15,17-24,29,33-34,43,45-46,49H,6-8,11,16,25-28,30-32H2,1-5H3,(H,57,64)(H,58,63)(H,59,62,65)/t43-,45-,46?,49-,54-/m1/s1. The highest BCUT2D eigenvalue weighted by molar-refractivity contribution is 6.30. The fourth-order valence-corrected chi connectivity index (χ4v) is 10.6. The first-order chi connectivity index (χ1) is 32.0. The molecule has 3 heterocycles. The number of hydrogen-bond donors (Lipinski definition) is 3. The van der Waals surface area contributed by atoms with Crippen LogP contribution in [0.1, 0.15) is 147 Å². The van der Waals surface area contributed by atoms with E-state index in [0.29, 0.717) is 58.7 Å². The van der Waals surface area contributed by atoms with Crippen LogP contribution in [-0.2, 0) is 32.1 Å². The molecule has 1 unspecified atom stereocenters. The summed E-state index contributed by atoms with van der Waals surface area (Å²) in [7, 11) is 0. The van der Waals surface area contributed by atoms with E-state index < -0.39 is 17.4 Å². The molecule has 7 rings (SSSR count). The van der Waals surface area contributed by atoms with Gasteiger partial charge in [-0.25, -0.2) is 0 Å². The number of nitrogens with one attached hydrogen (secondary N) is 3. The van der Waals surface area contributed by atoms with Crippen molar-refractivity contribution in [2.75, 3.05) is 11.9 Å². The molecule has 0 aliphatic carbocycles. The molecule has 2 fully saturated rings. The van der Waals surface area contributed by atoms with Crippen LogP contribution < -0.4 is 16.0 Å². The number of hydrogen-bond acceptors (Lipinski definition) is 6. The summed E-state index contributed by atoms with van der Waals surface area (Å²) in [5.74, 6) is -1.02. The van der Waals surface area contributed by atoms with Gasteiger partial charge in [0.25, 0.3) is 11.8 Å². The van der Waals surface area contributed by atoms with Crippen LogP contribution >= 0.6 is 23.2 Å². The Morgan fingerprint density at radius 1 is 0.836 bits per heavy atom. The summed E-state index contributed by atoms with van der Waals surface area (Å²) in [5.41, 5.74) is 4.57. The molecular weight excluding hydrogens is 886 g/mol. The lowest BCUT2D eigenvalue weighted by Gasteiger charge is -2.53. The maximum Gasteiger partial charge on any atom is 0.255 e. The number of nitrogens with zero attached hydrogens (tertiary/aromatic N) is 2. The lowest BCUT2D eigenvalue weighted by atomic mass is 9.66. The molecule has 4 aromatic carbocycles. The number of benzene rings is 4. The molecule has 13 heteroatoms. The summed E-state index contributed by atoms with van der Waals surface area (Å²) in [6, 6.07) is 27.0. The molecule has 0 bridgehead atoms. The number of halogens is 2. The molecule has 5 atom stereocenters. The van der Waals surface area contributed by atoms with Gasteiger partial charge < -0.3 is 20.4 Å². The molecule has 2 saturated heterocycles. The minimum Gasteiger partial charge on any atom is -0.352 e. The van der Waals surface area contributed by atoms with Crippen LogP contribution in [-0.4, -0.2) is 63.9 Å². The number of likely N-dealkylation sites (tertiary alicyclic amines) is 1. The Morgan fingerprint density at radius 2 is 1.57 bits per heavy atom. The number of amides is 6. The van der Waals surface area contributed by atoms with Crippen molar-refractivity contribution in [3.8, 4) is 0 Å². The molecule has 3 N–H and O–H groups in total. The van der Waals surface area contributed by atoms with Gasteiger partial charge in [-0.1, -0.05) is 101 Å². The first-order valence-electron chi connectivity index (χ1n) is 23.8. The van der Waals surface area contributed by atoms with E-state index in [9.17, 15) is 24.0 Å². The lowest BCUT2D eigenvalue weighted by Crippen LogP contribution is -2.57. The Hall–Kier alpha value is -5.52. The van der Waals surface area contributed by atoms with E-state index in [1.54, 1.807) is 35.2 Å². The third kappa shape index (κ3) is 11.6. The Labute approximate surface area is 404 Å². The van der Waals surface area contributed by atoms with Crippen molar-refractivity contribution < 1.29 is 28.8 Å². The number of carbonyl (C=O) groups is 6. The molecule has 354 valence electrons. The van der Waals surface area contributed by atoms with Gasteiger partial charge in [0.1, 0.15) is 6.04 Å². The first kappa shape index (κ1) is 49.4. The Bertz CT molecular complexity index is 2470. The van der Waals surface area contributed by atoms with Crippen LogP contribution in [0.2, 0.25) is 10.0 Å². The summed E-state index contributed by atoms with van der Waals surface area (Å²) < 4.78 is 0. The predicted octanol–water partition coefficient (Wildman–Crippen LogP) is 10.5. The van der Waals surface area contributed by atoms with E-state index in [0.717, 1.165) is 60.8 Å². The maximum absolute atomic E-state index is 15.2. The summed E-state index contributed by atoms with van der Waals surface area (Å²) in [6.45, 7) is 11.5. The largest absolute Gasteiger partial charge is 0.352 e. The van der Waals surface area contributed by atoms with Gasteiger partial charge in [-0.2, -0.15) is 0 Å². The number of aryl methyl sites for hydroxylation is 1. The number of piperidine rings is 2. The molecule has 0 saturated carbocycles. The van der Waals surface area contributed by atoms with E-state index in [1.165, 1.54) is 0 Å². The third-order valence-electron chi connectivity index (χ3n) is 13.8. The zero-order valence-electron chi connectivity index (χ0n) is 39.2. The summed E-state index contributed by atoms with van der Waals surface area (Å²) in [5, 5.41) is 9.59. The molecular formula is C54H63Cl2N5O6. The molecule has 0 spiro atoms. The molecule has 3 aliphatic rings. The Morgan fingerprint density at radius 3 is 2.25 bits per heavy atom. The highest BCUT2D eigenvalue weighted by atomic mass is 35.5. The molecule has 11 nitrogen and oxygen atoms in total. The smallest absolute Gasteiger partial charge is 0.255 e. The second-order valence-electron chi connectivity index (χ2n) is 19.6. The van der Waals surface area contributed by atoms with Crippen molar-refractivity contribution in [1.82, 2.24) is 20.4 Å². The van der Waals surface area contributed by atoms with Crippen LogP contribution in [0.5, 0.6) is 0 Å². The van der Waals surface area contributed by atoms with Gasteiger partial charge >= 0.3 is 0 Å². The van der Waals surface area contributed by atoms with E-state index in [1.807, 2.05) is 61.5 Å².